The second-order valence-electron chi connectivity index (χ2n) is 8.99. The van der Waals surface area contributed by atoms with Crippen molar-refractivity contribution in [1.29, 1.82) is 0 Å². The van der Waals surface area contributed by atoms with E-state index in [1.54, 1.807) is 0 Å². The molecule has 15 heteroatoms. The van der Waals surface area contributed by atoms with Crippen LogP contribution in [0.15, 0.2) is 36.5 Å². The van der Waals surface area contributed by atoms with Gasteiger partial charge in [0.15, 0.2) is 11.8 Å². The first-order valence-electron chi connectivity index (χ1n) is 12.0. The van der Waals surface area contributed by atoms with Gasteiger partial charge in [-0.2, -0.15) is 5.10 Å². The van der Waals surface area contributed by atoms with Crippen molar-refractivity contribution < 1.29 is 31.8 Å². The molecule has 5 rings (SSSR count). The Morgan fingerprint density at radius 3 is 2.59 bits per heavy atom. The van der Waals surface area contributed by atoms with Gasteiger partial charge in [0.2, 0.25) is 10.3 Å². The smallest absolute Gasteiger partial charge is 0.406 e. The molecule has 1 saturated carbocycles. The third kappa shape index (κ3) is 6.42. The zero-order valence-corrected chi connectivity index (χ0v) is 21.3. The molecule has 1 aliphatic rings. The van der Waals surface area contributed by atoms with Crippen LogP contribution in [0.5, 0.6) is 5.75 Å². The number of rotatable bonds is 8. The normalized spacial score (nSPS) is 18.6. The number of alkyl halides is 3. The van der Waals surface area contributed by atoms with E-state index in [4.69, 9.17) is 4.74 Å². The molecular weight excluding hydrogens is 542 g/mol. The van der Waals surface area contributed by atoms with Crippen LogP contribution < -0.4 is 15.4 Å². The zero-order valence-electron chi connectivity index (χ0n) is 20.5. The van der Waals surface area contributed by atoms with E-state index < -0.39 is 35.5 Å². The second-order valence-corrected chi connectivity index (χ2v) is 9.97. The van der Waals surface area contributed by atoms with Gasteiger partial charge in [0.25, 0.3) is 5.91 Å². The third-order valence-electron chi connectivity index (χ3n) is 6.41. The summed E-state index contributed by atoms with van der Waals surface area (Å²) in [5.41, 5.74) is 1.32. The number of hydrogen-bond acceptors (Lipinski definition) is 9. The average molecular weight is 566 g/mol. The van der Waals surface area contributed by atoms with Crippen molar-refractivity contribution in [3.63, 3.8) is 0 Å². The lowest BCUT2D eigenvalue weighted by molar-refractivity contribution is -0.274. The van der Waals surface area contributed by atoms with Crippen LogP contribution in [0.4, 0.5) is 27.8 Å². The summed E-state index contributed by atoms with van der Waals surface area (Å²) in [7, 11) is 1.13. The first-order chi connectivity index (χ1) is 18.7. The Bertz CT molecular complexity index is 1450. The number of carbonyl (C=O) groups excluding carboxylic acids is 1. The second kappa shape index (κ2) is 11.1. The Labute approximate surface area is 223 Å². The van der Waals surface area contributed by atoms with Crippen molar-refractivity contribution in [2.45, 2.75) is 50.1 Å². The first-order valence-corrected chi connectivity index (χ1v) is 12.8. The topological polar surface area (TPSA) is 127 Å². The fourth-order valence-electron chi connectivity index (χ4n) is 4.58. The van der Waals surface area contributed by atoms with Crippen LogP contribution in [0.2, 0.25) is 0 Å². The van der Waals surface area contributed by atoms with E-state index in [0.717, 1.165) is 79.1 Å². The molecule has 3 N–H and O–H groups in total. The van der Waals surface area contributed by atoms with E-state index in [0.29, 0.717) is 11.0 Å². The summed E-state index contributed by atoms with van der Waals surface area (Å²) in [6.45, 7) is 0. The number of halogens is 4. The molecule has 1 fully saturated rings. The highest BCUT2D eigenvalue weighted by Crippen LogP contribution is 2.35. The average Bonchev–Trinajstić information content (AvgIpc) is 3.54. The number of fused-ring (bicyclic) bond motifs is 1. The minimum absolute atomic E-state index is 0.122. The highest BCUT2D eigenvalue weighted by Gasteiger charge is 2.33. The largest absolute Gasteiger partial charge is 0.573 e. The van der Waals surface area contributed by atoms with Crippen LogP contribution in [0.1, 0.15) is 49.0 Å². The van der Waals surface area contributed by atoms with Crippen LogP contribution in [0.25, 0.3) is 11.0 Å². The summed E-state index contributed by atoms with van der Waals surface area (Å²) in [6.07, 6.45) is -1.10. The fraction of sp³-hybridized carbons (Fsp3) is 0.375. The number of amides is 1. The van der Waals surface area contributed by atoms with Crippen LogP contribution in [0.3, 0.4) is 0 Å². The molecule has 1 atom stereocenters. The molecule has 1 amide bonds. The number of aromatic amines is 1. The summed E-state index contributed by atoms with van der Waals surface area (Å²) in [4.78, 5) is 15.8. The number of H-pyrrole nitrogens is 1. The Balaban J connectivity index is 1.17. The van der Waals surface area contributed by atoms with Gasteiger partial charge in [-0.25, -0.2) is 4.39 Å². The van der Waals surface area contributed by atoms with Crippen LogP contribution >= 0.6 is 11.3 Å². The van der Waals surface area contributed by atoms with Crippen LogP contribution in [-0.4, -0.2) is 50.8 Å². The van der Waals surface area contributed by atoms with Gasteiger partial charge in [-0.15, -0.1) is 28.5 Å². The minimum atomic E-state index is -4.97. The third-order valence-corrected chi connectivity index (χ3v) is 7.18. The standard InChI is InChI=1S/C24H23F4N7O3S/c1-37-19(16-11-15(6-7-17(16)25)38-24(26,27)28)21(36)31-23-35-34-22(39-23)30-14-4-2-12(3-5-14)18-10-13-8-9-29-20(13)33-32-18/h6-12,14,19H,2-5H2,1H3,(H,29,33)(H,30,34)(H,31,35,36)/t12-,14+,19-/m1/s1. The Morgan fingerprint density at radius 1 is 1.08 bits per heavy atom. The van der Waals surface area contributed by atoms with Gasteiger partial charge in [-0.1, -0.05) is 11.3 Å². The quantitative estimate of drug-likeness (QED) is 0.245. The Hall–Kier alpha value is -3.85. The van der Waals surface area contributed by atoms with Crippen LogP contribution in [0, 0.1) is 5.82 Å². The van der Waals surface area contributed by atoms with Crippen molar-refractivity contribution in [3.8, 4) is 5.75 Å². The summed E-state index contributed by atoms with van der Waals surface area (Å²) >= 11 is 1.08. The first kappa shape index (κ1) is 26.7. The fourth-order valence-corrected chi connectivity index (χ4v) is 5.30. The molecule has 1 aliphatic carbocycles. The summed E-state index contributed by atoms with van der Waals surface area (Å²) < 4.78 is 60.9. The number of nitrogens with one attached hydrogen (secondary N) is 3. The number of benzene rings is 1. The maximum Gasteiger partial charge on any atom is 0.573 e. The number of nitrogens with zero attached hydrogens (tertiary/aromatic N) is 4. The molecule has 1 aromatic carbocycles. The molecule has 206 valence electrons. The lowest BCUT2D eigenvalue weighted by Crippen LogP contribution is -2.25. The number of aromatic nitrogens is 5. The molecule has 0 aliphatic heterocycles. The maximum absolute atomic E-state index is 14.4. The van der Waals surface area contributed by atoms with E-state index >= 15 is 0 Å². The summed E-state index contributed by atoms with van der Waals surface area (Å²) in [5, 5.41) is 24.0. The molecule has 0 unspecified atom stereocenters. The number of ether oxygens (including phenoxy) is 2. The number of carbonyl (C=O) groups is 1. The van der Waals surface area contributed by atoms with Gasteiger partial charge < -0.3 is 19.8 Å². The van der Waals surface area contributed by atoms with Gasteiger partial charge >= 0.3 is 6.36 Å². The number of hydrogen-bond donors (Lipinski definition) is 3. The maximum atomic E-state index is 14.4. The molecule has 3 aromatic heterocycles. The molecule has 3 heterocycles. The Kier molecular flexibility index (Phi) is 7.61. The molecular formula is C24H23F4N7O3S. The predicted molar refractivity (Wildman–Crippen MR) is 134 cm³/mol. The van der Waals surface area contributed by atoms with Gasteiger partial charge in [0, 0.05) is 36.2 Å². The summed E-state index contributed by atoms with van der Waals surface area (Å²) in [5.74, 6) is -2.13. The van der Waals surface area contributed by atoms with Crippen molar-refractivity contribution >= 4 is 38.5 Å². The molecule has 0 saturated heterocycles. The highest BCUT2D eigenvalue weighted by atomic mass is 32.1. The molecule has 0 radical (unpaired) electrons. The Morgan fingerprint density at radius 2 is 1.85 bits per heavy atom. The minimum Gasteiger partial charge on any atom is -0.406 e. The zero-order chi connectivity index (χ0) is 27.6. The van der Waals surface area contributed by atoms with Gasteiger partial charge in [0.1, 0.15) is 11.6 Å². The predicted octanol–water partition coefficient (Wildman–Crippen LogP) is 5.31. The molecule has 0 bridgehead atoms. The lowest BCUT2D eigenvalue weighted by Gasteiger charge is -2.28. The molecule has 0 spiro atoms. The van der Waals surface area contributed by atoms with E-state index in [1.807, 2.05) is 12.3 Å². The molecule has 4 aromatic rings. The van der Waals surface area contributed by atoms with Gasteiger partial charge in [-0.3, -0.25) is 10.1 Å². The van der Waals surface area contributed by atoms with Crippen molar-refractivity contribution in [1.82, 2.24) is 25.4 Å². The van der Waals surface area contributed by atoms with E-state index in [1.165, 1.54) is 0 Å². The molecule has 10 nitrogen and oxygen atoms in total. The number of methoxy groups -OCH3 is 1. The number of anilines is 2. The van der Waals surface area contributed by atoms with Crippen LogP contribution in [-0.2, 0) is 9.53 Å². The highest BCUT2D eigenvalue weighted by molar-refractivity contribution is 7.19. The van der Waals surface area contributed by atoms with Crippen molar-refractivity contribution in [2.75, 3.05) is 17.7 Å². The van der Waals surface area contributed by atoms with E-state index in [-0.39, 0.29) is 11.2 Å². The van der Waals surface area contributed by atoms with Gasteiger partial charge in [-0.05, 0) is 56.0 Å². The lowest BCUT2D eigenvalue weighted by atomic mass is 9.84. The monoisotopic (exact) mass is 565 g/mol. The van der Waals surface area contributed by atoms with Gasteiger partial charge in [0.05, 0.1) is 5.69 Å². The van der Waals surface area contributed by atoms with E-state index in [9.17, 15) is 22.4 Å². The van der Waals surface area contributed by atoms with E-state index in [2.05, 4.69) is 46.8 Å². The van der Waals surface area contributed by atoms with Crippen molar-refractivity contribution in [2.24, 2.45) is 0 Å². The SMILES string of the molecule is CO[C@@H](C(=O)Nc1nnc(N[C@H]2CC[C@@H](c3cc4cc[nH]c4nn3)CC2)s1)c1cc(OC(F)(F)F)ccc1F. The summed E-state index contributed by atoms with van der Waals surface area (Å²) in [6, 6.07) is 6.53. The molecule has 39 heavy (non-hydrogen) atoms. The van der Waals surface area contributed by atoms with Crippen molar-refractivity contribution in [3.05, 3.63) is 53.6 Å².